The third-order valence-corrected chi connectivity index (χ3v) is 4.11. The van der Waals surface area contributed by atoms with Gasteiger partial charge in [-0.05, 0) is 51.0 Å². The highest BCUT2D eigenvalue weighted by molar-refractivity contribution is 5.39. The van der Waals surface area contributed by atoms with Crippen LogP contribution in [0.15, 0.2) is 29.2 Å². The van der Waals surface area contributed by atoms with Gasteiger partial charge < -0.3 is 5.32 Å². The first-order valence-corrected chi connectivity index (χ1v) is 7.51. The molecule has 0 aliphatic carbocycles. The average Bonchev–Trinajstić information content (AvgIpc) is 2.87. The molecule has 2 aromatic heterocycles. The standard InChI is InChI=1S/C16H22N4O/c1-12-3-4-15-18-14(7-16(21)20(15)9-12)11-19-6-5-13(10-19)8-17-2/h3-4,7,9,13,17H,5-6,8,10-11H2,1-2H3. The minimum Gasteiger partial charge on any atom is -0.319 e. The largest absolute Gasteiger partial charge is 0.319 e. The van der Waals surface area contributed by atoms with Gasteiger partial charge in [0, 0.05) is 25.4 Å². The van der Waals surface area contributed by atoms with Crippen molar-refractivity contribution in [3.8, 4) is 0 Å². The van der Waals surface area contributed by atoms with Crippen LogP contribution in [0.3, 0.4) is 0 Å². The molecule has 5 nitrogen and oxygen atoms in total. The van der Waals surface area contributed by atoms with Gasteiger partial charge in [-0.3, -0.25) is 14.1 Å². The normalized spacial score (nSPS) is 19.4. The van der Waals surface area contributed by atoms with Crippen molar-refractivity contribution in [2.24, 2.45) is 5.92 Å². The Hall–Kier alpha value is -1.72. The maximum atomic E-state index is 12.2. The predicted octanol–water partition coefficient (Wildman–Crippen LogP) is 1.04. The van der Waals surface area contributed by atoms with E-state index in [4.69, 9.17) is 0 Å². The highest BCUT2D eigenvalue weighted by Gasteiger charge is 2.22. The molecule has 1 N–H and O–H groups in total. The molecule has 3 rings (SSSR count). The molecule has 1 unspecified atom stereocenters. The summed E-state index contributed by atoms with van der Waals surface area (Å²) >= 11 is 0. The fraction of sp³-hybridized carbons (Fsp3) is 0.500. The summed E-state index contributed by atoms with van der Waals surface area (Å²) in [6.45, 7) is 5.96. The summed E-state index contributed by atoms with van der Waals surface area (Å²) < 4.78 is 1.62. The van der Waals surface area contributed by atoms with Crippen molar-refractivity contribution >= 4 is 5.65 Å². The molecular weight excluding hydrogens is 264 g/mol. The van der Waals surface area contributed by atoms with Crippen LogP contribution in [0.25, 0.3) is 5.65 Å². The molecule has 112 valence electrons. The Morgan fingerprint density at radius 3 is 3.10 bits per heavy atom. The van der Waals surface area contributed by atoms with E-state index in [9.17, 15) is 4.79 Å². The molecule has 1 aliphatic rings. The summed E-state index contributed by atoms with van der Waals surface area (Å²) in [5, 5.41) is 3.24. The summed E-state index contributed by atoms with van der Waals surface area (Å²) in [5.74, 6) is 0.708. The van der Waals surface area contributed by atoms with Gasteiger partial charge in [0.05, 0.1) is 5.69 Å². The lowest BCUT2D eigenvalue weighted by molar-refractivity contribution is 0.311. The lowest BCUT2D eigenvalue weighted by Gasteiger charge is -2.15. The van der Waals surface area contributed by atoms with E-state index < -0.39 is 0 Å². The smallest absolute Gasteiger partial charge is 0.258 e. The summed E-state index contributed by atoms with van der Waals surface area (Å²) in [7, 11) is 2.00. The monoisotopic (exact) mass is 286 g/mol. The number of pyridine rings is 1. The summed E-state index contributed by atoms with van der Waals surface area (Å²) in [4.78, 5) is 19.2. The molecule has 1 aliphatic heterocycles. The summed E-state index contributed by atoms with van der Waals surface area (Å²) in [6.07, 6.45) is 3.06. The maximum Gasteiger partial charge on any atom is 0.258 e. The topological polar surface area (TPSA) is 49.6 Å². The molecule has 0 spiro atoms. The van der Waals surface area contributed by atoms with Gasteiger partial charge in [-0.1, -0.05) is 6.07 Å². The van der Waals surface area contributed by atoms with Gasteiger partial charge in [-0.25, -0.2) is 4.98 Å². The lowest BCUT2D eigenvalue weighted by Crippen LogP contribution is -2.26. The second-order valence-corrected chi connectivity index (χ2v) is 5.97. The Morgan fingerprint density at radius 1 is 1.43 bits per heavy atom. The zero-order chi connectivity index (χ0) is 14.8. The SMILES string of the molecule is CNCC1CCN(Cc2cc(=O)n3cc(C)ccc3n2)C1. The van der Waals surface area contributed by atoms with E-state index in [1.165, 1.54) is 6.42 Å². The van der Waals surface area contributed by atoms with E-state index in [2.05, 4.69) is 15.2 Å². The minimum absolute atomic E-state index is 0.00433. The van der Waals surface area contributed by atoms with E-state index >= 15 is 0 Å². The number of rotatable bonds is 4. The van der Waals surface area contributed by atoms with Crippen LogP contribution in [-0.4, -0.2) is 41.0 Å². The van der Waals surface area contributed by atoms with Crippen LogP contribution in [0.1, 0.15) is 17.7 Å². The van der Waals surface area contributed by atoms with E-state index in [1.54, 1.807) is 10.5 Å². The Kier molecular flexibility index (Phi) is 4.03. The Balaban J connectivity index is 1.79. The zero-order valence-electron chi connectivity index (χ0n) is 12.7. The molecule has 0 saturated carbocycles. The number of nitrogens with zero attached hydrogens (tertiary/aromatic N) is 3. The average molecular weight is 286 g/mol. The third kappa shape index (κ3) is 3.14. The quantitative estimate of drug-likeness (QED) is 0.912. The first-order valence-electron chi connectivity index (χ1n) is 7.51. The van der Waals surface area contributed by atoms with E-state index in [-0.39, 0.29) is 5.56 Å². The number of nitrogens with one attached hydrogen (secondary N) is 1. The Bertz CT molecular complexity index is 694. The van der Waals surface area contributed by atoms with E-state index in [0.29, 0.717) is 5.92 Å². The van der Waals surface area contributed by atoms with Crippen molar-refractivity contribution in [3.05, 3.63) is 46.0 Å². The van der Waals surface area contributed by atoms with Crippen LogP contribution < -0.4 is 10.9 Å². The number of aromatic nitrogens is 2. The predicted molar refractivity (Wildman–Crippen MR) is 83.5 cm³/mol. The first kappa shape index (κ1) is 14.2. The molecule has 0 radical (unpaired) electrons. The first-order chi connectivity index (χ1) is 10.2. The summed E-state index contributed by atoms with van der Waals surface area (Å²) in [6, 6.07) is 5.57. The molecule has 1 fully saturated rings. The van der Waals surface area contributed by atoms with Gasteiger partial charge in [0.2, 0.25) is 0 Å². The van der Waals surface area contributed by atoms with Crippen LogP contribution in [-0.2, 0) is 6.54 Å². The van der Waals surface area contributed by atoms with Crippen molar-refractivity contribution in [3.63, 3.8) is 0 Å². The molecule has 3 heterocycles. The van der Waals surface area contributed by atoms with E-state index in [1.807, 2.05) is 32.3 Å². The van der Waals surface area contributed by atoms with Gasteiger partial charge >= 0.3 is 0 Å². The molecule has 2 aromatic rings. The van der Waals surface area contributed by atoms with Crippen molar-refractivity contribution in [2.45, 2.75) is 19.9 Å². The second-order valence-electron chi connectivity index (χ2n) is 5.97. The van der Waals surface area contributed by atoms with E-state index in [0.717, 1.165) is 43.1 Å². The van der Waals surface area contributed by atoms with Crippen molar-refractivity contribution < 1.29 is 0 Å². The second kappa shape index (κ2) is 5.95. The fourth-order valence-electron chi connectivity index (χ4n) is 3.08. The molecule has 21 heavy (non-hydrogen) atoms. The Morgan fingerprint density at radius 2 is 2.29 bits per heavy atom. The van der Waals surface area contributed by atoms with Gasteiger partial charge in [-0.15, -0.1) is 0 Å². The number of aryl methyl sites for hydroxylation is 1. The third-order valence-electron chi connectivity index (χ3n) is 4.11. The minimum atomic E-state index is 0.00433. The lowest BCUT2D eigenvalue weighted by atomic mass is 10.1. The fourth-order valence-corrected chi connectivity index (χ4v) is 3.08. The van der Waals surface area contributed by atoms with Crippen LogP contribution in [0.2, 0.25) is 0 Å². The molecule has 1 saturated heterocycles. The van der Waals surface area contributed by atoms with Crippen molar-refractivity contribution in [1.29, 1.82) is 0 Å². The van der Waals surface area contributed by atoms with Crippen LogP contribution >= 0.6 is 0 Å². The molecule has 0 bridgehead atoms. The summed E-state index contributed by atoms with van der Waals surface area (Å²) in [5.41, 5.74) is 2.67. The number of hydrogen-bond acceptors (Lipinski definition) is 4. The van der Waals surface area contributed by atoms with Crippen LogP contribution in [0, 0.1) is 12.8 Å². The van der Waals surface area contributed by atoms with Crippen molar-refractivity contribution in [1.82, 2.24) is 19.6 Å². The number of likely N-dealkylation sites (tertiary alicyclic amines) is 1. The number of fused-ring (bicyclic) bond motifs is 1. The van der Waals surface area contributed by atoms with Gasteiger partial charge in [0.25, 0.3) is 5.56 Å². The maximum absolute atomic E-state index is 12.2. The highest BCUT2D eigenvalue weighted by Crippen LogP contribution is 2.17. The molecule has 0 aromatic carbocycles. The zero-order valence-corrected chi connectivity index (χ0v) is 12.7. The van der Waals surface area contributed by atoms with Gasteiger partial charge in [0.1, 0.15) is 5.65 Å². The van der Waals surface area contributed by atoms with Crippen LogP contribution in [0.4, 0.5) is 0 Å². The van der Waals surface area contributed by atoms with Gasteiger partial charge in [0.15, 0.2) is 0 Å². The molecular formula is C16H22N4O. The highest BCUT2D eigenvalue weighted by atomic mass is 16.1. The Labute approximate surface area is 124 Å². The molecule has 5 heteroatoms. The van der Waals surface area contributed by atoms with Gasteiger partial charge in [-0.2, -0.15) is 0 Å². The molecule has 0 amide bonds. The molecule has 1 atom stereocenters. The van der Waals surface area contributed by atoms with Crippen LogP contribution in [0.5, 0.6) is 0 Å². The number of hydrogen-bond donors (Lipinski definition) is 1. The van der Waals surface area contributed by atoms with Crippen molar-refractivity contribution in [2.75, 3.05) is 26.7 Å².